The first-order valence-electron chi connectivity index (χ1n) is 6.10. The fourth-order valence-electron chi connectivity index (χ4n) is 1.86. The van der Waals surface area contributed by atoms with Gasteiger partial charge in [0, 0.05) is 31.6 Å². The highest BCUT2D eigenvalue weighted by molar-refractivity contribution is 5.16. The van der Waals surface area contributed by atoms with Crippen molar-refractivity contribution in [2.24, 2.45) is 12.9 Å². The summed E-state index contributed by atoms with van der Waals surface area (Å²) in [7, 11) is 1.94. The van der Waals surface area contributed by atoms with Crippen LogP contribution < -0.4 is 11.3 Å². The van der Waals surface area contributed by atoms with Crippen LogP contribution in [-0.4, -0.2) is 14.5 Å². The van der Waals surface area contributed by atoms with Crippen molar-refractivity contribution < 1.29 is 0 Å². The molecule has 0 fully saturated rings. The molecular weight excluding hydrogens is 226 g/mol. The van der Waals surface area contributed by atoms with E-state index in [0.29, 0.717) is 0 Å². The lowest BCUT2D eigenvalue weighted by atomic mass is 10.1. The first-order valence-corrected chi connectivity index (χ1v) is 6.10. The van der Waals surface area contributed by atoms with Gasteiger partial charge in [0.15, 0.2) is 0 Å². The number of pyridine rings is 1. The van der Waals surface area contributed by atoms with E-state index in [-0.39, 0.29) is 6.04 Å². The van der Waals surface area contributed by atoms with Crippen LogP contribution in [0, 0.1) is 0 Å². The van der Waals surface area contributed by atoms with E-state index >= 15 is 0 Å². The maximum atomic E-state index is 5.59. The van der Waals surface area contributed by atoms with E-state index < -0.39 is 0 Å². The molecule has 1 atom stereocenters. The second-order valence-corrected chi connectivity index (χ2v) is 4.40. The molecule has 1 unspecified atom stereocenters. The summed E-state index contributed by atoms with van der Waals surface area (Å²) in [5, 5.41) is 0. The van der Waals surface area contributed by atoms with Gasteiger partial charge < -0.3 is 4.57 Å². The van der Waals surface area contributed by atoms with Crippen LogP contribution in [0.25, 0.3) is 0 Å². The summed E-state index contributed by atoms with van der Waals surface area (Å²) in [6.07, 6.45) is 7.39. The third-order valence-corrected chi connectivity index (χ3v) is 2.99. The van der Waals surface area contributed by atoms with Gasteiger partial charge >= 0.3 is 0 Å². The molecule has 0 spiro atoms. The third kappa shape index (κ3) is 2.94. The zero-order chi connectivity index (χ0) is 13.0. The smallest absolute Gasteiger partial charge is 0.0947 e. The number of aromatic nitrogens is 3. The van der Waals surface area contributed by atoms with Gasteiger partial charge in [0.25, 0.3) is 0 Å². The molecule has 0 aromatic carbocycles. The molecule has 5 heteroatoms. The fourth-order valence-corrected chi connectivity index (χ4v) is 1.86. The number of imidazole rings is 1. The number of hydrogen-bond acceptors (Lipinski definition) is 4. The van der Waals surface area contributed by atoms with Gasteiger partial charge in [-0.3, -0.25) is 16.3 Å². The van der Waals surface area contributed by atoms with Crippen molar-refractivity contribution in [3.63, 3.8) is 0 Å². The van der Waals surface area contributed by atoms with Crippen molar-refractivity contribution >= 4 is 0 Å². The molecule has 2 heterocycles. The largest absolute Gasteiger partial charge is 0.340 e. The highest BCUT2D eigenvalue weighted by Crippen LogP contribution is 2.14. The average Bonchev–Trinajstić information content (AvgIpc) is 2.83. The first kappa shape index (κ1) is 12.7. The fraction of sp³-hybridized carbons (Fsp3) is 0.385. The van der Waals surface area contributed by atoms with Gasteiger partial charge in [-0.2, -0.15) is 0 Å². The Kier molecular flexibility index (Phi) is 4.07. The lowest BCUT2D eigenvalue weighted by Gasteiger charge is -2.13. The van der Waals surface area contributed by atoms with Gasteiger partial charge in [-0.15, -0.1) is 0 Å². The maximum absolute atomic E-state index is 5.59. The molecule has 3 N–H and O–H groups in total. The Hall–Kier alpha value is -1.72. The molecule has 0 aliphatic carbocycles. The van der Waals surface area contributed by atoms with Crippen molar-refractivity contribution in [1.29, 1.82) is 0 Å². The van der Waals surface area contributed by atoms with Crippen LogP contribution in [-0.2, 0) is 19.9 Å². The highest BCUT2D eigenvalue weighted by Gasteiger charge is 2.13. The summed E-state index contributed by atoms with van der Waals surface area (Å²) in [5.74, 6) is 5.59. The van der Waals surface area contributed by atoms with Gasteiger partial charge in [-0.05, 0) is 18.1 Å². The summed E-state index contributed by atoms with van der Waals surface area (Å²) in [4.78, 5) is 8.75. The Morgan fingerprint density at radius 2 is 2.22 bits per heavy atom. The highest BCUT2D eigenvalue weighted by atomic mass is 15.2. The van der Waals surface area contributed by atoms with Gasteiger partial charge in [-0.25, -0.2) is 4.98 Å². The Morgan fingerprint density at radius 3 is 2.72 bits per heavy atom. The molecule has 0 saturated heterocycles. The molecule has 5 nitrogen and oxygen atoms in total. The second-order valence-electron chi connectivity index (χ2n) is 4.40. The summed E-state index contributed by atoms with van der Waals surface area (Å²) < 4.78 is 1.91. The third-order valence-electron chi connectivity index (χ3n) is 2.99. The molecule has 0 bridgehead atoms. The summed E-state index contributed by atoms with van der Waals surface area (Å²) >= 11 is 0. The average molecular weight is 245 g/mol. The van der Waals surface area contributed by atoms with E-state index in [2.05, 4.69) is 28.4 Å². The summed E-state index contributed by atoms with van der Waals surface area (Å²) in [6, 6.07) is 4.15. The van der Waals surface area contributed by atoms with Gasteiger partial charge in [0.2, 0.25) is 0 Å². The SMILES string of the molecule is CCc1ccc(CC(NN)c2cn(C)cn2)nc1. The van der Waals surface area contributed by atoms with E-state index in [1.807, 2.05) is 30.1 Å². The van der Waals surface area contributed by atoms with Crippen LogP contribution in [0.1, 0.15) is 29.9 Å². The van der Waals surface area contributed by atoms with E-state index in [9.17, 15) is 0 Å². The van der Waals surface area contributed by atoms with Gasteiger partial charge in [0.05, 0.1) is 18.1 Å². The predicted octanol–water partition coefficient (Wildman–Crippen LogP) is 1.12. The number of nitrogens with two attached hydrogens (primary N) is 1. The van der Waals surface area contributed by atoms with Crippen LogP contribution in [0.4, 0.5) is 0 Å². The zero-order valence-electron chi connectivity index (χ0n) is 10.8. The number of nitrogens with zero attached hydrogens (tertiary/aromatic N) is 3. The van der Waals surface area contributed by atoms with Crippen LogP contribution in [0.3, 0.4) is 0 Å². The normalized spacial score (nSPS) is 12.6. The molecule has 2 rings (SSSR count). The Balaban J connectivity index is 2.10. The van der Waals surface area contributed by atoms with E-state index in [1.165, 1.54) is 5.56 Å². The van der Waals surface area contributed by atoms with E-state index in [0.717, 1.165) is 24.2 Å². The minimum Gasteiger partial charge on any atom is -0.340 e. The Bertz CT molecular complexity index is 488. The molecule has 2 aromatic rings. The molecule has 96 valence electrons. The maximum Gasteiger partial charge on any atom is 0.0947 e. The Morgan fingerprint density at radius 1 is 1.39 bits per heavy atom. The zero-order valence-corrected chi connectivity index (χ0v) is 10.8. The molecule has 0 aliphatic heterocycles. The second kappa shape index (κ2) is 5.75. The van der Waals surface area contributed by atoms with Crippen molar-refractivity contribution in [2.75, 3.05) is 0 Å². The number of hydrazine groups is 1. The van der Waals surface area contributed by atoms with Crippen LogP contribution in [0.5, 0.6) is 0 Å². The number of nitrogens with one attached hydrogen (secondary N) is 1. The van der Waals surface area contributed by atoms with Gasteiger partial charge in [0.1, 0.15) is 0 Å². The molecule has 0 amide bonds. The summed E-state index contributed by atoms with van der Waals surface area (Å²) in [5.41, 5.74) is 5.98. The van der Waals surface area contributed by atoms with Crippen molar-refractivity contribution in [3.05, 3.63) is 47.8 Å². The van der Waals surface area contributed by atoms with E-state index in [4.69, 9.17) is 5.84 Å². The number of hydrogen-bond donors (Lipinski definition) is 2. The summed E-state index contributed by atoms with van der Waals surface area (Å²) in [6.45, 7) is 2.12. The van der Waals surface area contributed by atoms with Gasteiger partial charge in [-0.1, -0.05) is 13.0 Å². The monoisotopic (exact) mass is 245 g/mol. The molecule has 18 heavy (non-hydrogen) atoms. The lowest BCUT2D eigenvalue weighted by Crippen LogP contribution is -2.30. The number of aryl methyl sites for hydroxylation is 2. The van der Waals surface area contributed by atoms with E-state index in [1.54, 1.807) is 6.33 Å². The number of rotatable bonds is 5. The minimum atomic E-state index is -0.00817. The molecule has 0 saturated carbocycles. The molecular formula is C13H19N5. The van der Waals surface area contributed by atoms with Crippen molar-refractivity contribution in [3.8, 4) is 0 Å². The molecule has 0 aliphatic rings. The first-order chi connectivity index (χ1) is 8.72. The topological polar surface area (TPSA) is 68.8 Å². The molecule has 0 radical (unpaired) electrons. The van der Waals surface area contributed by atoms with Crippen LogP contribution >= 0.6 is 0 Å². The quantitative estimate of drug-likeness (QED) is 0.612. The van der Waals surface area contributed by atoms with Crippen molar-refractivity contribution in [1.82, 2.24) is 20.0 Å². The van der Waals surface area contributed by atoms with Crippen LogP contribution in [0.2, 0.25) is 0 Å². The lowest BCUT2D eigenvalue weighted by molar-refractivity contribution is 0.534. The Labute approximate surface area is 107 Å². The standard InChI is InChI=1S/C13H19N5/c1-3-10-4-5-11(15-7-10)6-12(17-14)13-8-18(2)9-16-13/h4-5,7-9,12,17H,3,6,14H2,1-2H3. The minimum absolute atomic E-state index is 0.00817. The molecule has 2 aromatic heterocycles. The van der Waals surface area contributed by atoms with Crippen molar-refractivity contribution in [2.45, 2.75) is 25.8 Å². The van der Waals surface area contributed by atoms with Crippen LogP contribution in [0.15, 0.2) is 30.9 Å². The predicted molar refractivity (Wildman–Crippen MR) is 70.6 cm³/mol.